The van der Waals surface area contributed by atoms with E-state index in [0.29, 0.717) is 35.9 Å². The van der Waals surface area contributed by atoms with Crippen LogP contribution in [0.3, 0.4) is 0 Å². The lowest BCUT2D eigenvalue weighted by molar-refractivity contribution is 0.0954. The molecule has 3 unspecified atom stereocenters. The molecule has 1 amide bonds. The molecule has 0 aliphatic heterocycles. The van der Waals surface area contributed by atoms with E-state index >= 15 is 0 Å². The quantitative estimate of drug-likeness (QED) is 0.340. The number of aliphatic imine (C=N–C) groups is 1. The summed E-state index contributed by atoms with van der Waals surface area (Å²) in [5, 5.41) is 9.68. The Balaban J connectivity index is 1.84. The molecule has 6 nitrogen and oxygen atoms in total. The van der Waals surface area contributed by atoms with Crippen molar-refractivity contribution in [2.45, 2.75) is 57.7 Å². The highest BCUT2D eigenvalue weighted by Crippen LogP contribution is 2.22. The van der Waals surface area contributed by atoms with Crippen LogP contribution in [0.25, 0.3) is 0 Å². The monoisotopic (exact) mass is 424 g/mol. The van der Waals surface area contributed by atoms with E-state index in [2.05, 4.69) is 20.9 Å². The zero-order valence-corrected chi connectivity index (χ0v) is 18.4. The molecule has 1 aromatic carbocycles. The van der Waals surface area contributed by atoms with Crippen molar-refractivity contribution in [1.29, 1.82) is 0 Å². The van der Waals surface area contributed by atoms with Gasteiger partial charge in [-0.05, 0) is 50.8 Å². The zero-order valence-electron chi connectivity index (χ0n) is 17.6. The average Bonchev–Trinajstić information content (AvgIpc) is 2.72. The molecule has 0 radical (unpaired) electrons. The number of nitrogens with zero attached hydrogens (tertiary/aromatic N) is 1. The minimum absolute atomic E-state index is 0.253. The summed E-state index contributed by atoms with van der Waals surface area (Å²) in [5.41, 5.74) is 0.819. The summed E-state index contributed by atoms with van der Waals surface area (Å²) >= 11 is 0. The fourth-order valence-corrected chi connectivity index (χ4v) is 4.79. The van der Waals surface area contributed by atoms with Crippen LogP contribution in [0.4, 0.5) is 4.39 Å². The highest BCUT2D eigenvalue weighted by molar-refractivity contribution is 7.85. The van der Waals surface area contributed by atoms with Crippen LogP contribution in [0.15, 0.2) is 23.2 Å². The molecule has 2 rings (SSSR count). The van der Waals surface area contributed by atoms with E-state index in [-0.39, 0.29) is 23.0 Å². The van der Waals surface area contributed by atoms with E-state index < -0.39 is 10.8 Å². The normalized spacial score (nSPS) is 20.8. The number of halogens is 1. The van der Waals surface area contributed by atoms with Crippen molar-refractivity contribution in [2.75, 3.05) is 25.4 Å². The van der Waals surface area contributed by atoms with Crippen LogP contribution < -0.4 is 16.0 Å². The summed E-state index contributed by atoms with van der Waals surface area (Å²) in [6.07, 6.45) is 4.02. The molecule has 0 bridgehead atoms. The third-order valence-electron chi connectivity index (χ3n) is 5.07. The molecule has 0 heterocycles. The number of benzene rings is 1. The van der Waals surface area contributed by atoms with Crippen LogP contribution in [-0.4, -0.2) is 52.8 Å². The number of hydrogen-bond donors (Lipinski definition) is 3. The first kappa shape index (κ1) is 23.3. The highest BCUT2D eigenvalue weighted by atomic mass is 32.2. The second-order valence-corrected chi connectivity index (χ2v) is 9.29. The molecule has 162 valence electrons. The van der Waals surface area contributed by atoms with Gasteiger partial charge in [0.05, 0.1) is 6.54 Å². The molecule has 3 atom stereocenters. The summed E-state index contributed by atoms with van der Waals surface area (Å²) in [6, 6.07) is 4.72. The molecule has 1 aliphatic carbocycles. The molecule has 3 N–H and O–H groups in total. The lowest BCUT2D eigenvalue weighted by Gasteiger charge is -2.30. The van der Waals surface area contributed by atoms with Crippen molar-refractivity contribution in [3.8, 4) is 0 Å². The van der Waals surface area contributed by atoms with Gasteiger partial charge in [-0.25, -0.2) is 4.39 Å². The van der Waals surface area contributed by atoms with Crippen LogP contribution in [0.2, 0.25) is 0 Å². The Bertz CT molecular complexity index is 741. The van der Waals surface area contributed by atoms with Gasteiger partial charge in [0, 0.05) is 46.5 Å². The smallest absolute Gasteiger partial charge is 0.251 e. The SMILES string of the molecule is CCNC(=NCCNC(=O)c1ccc(C)c(F)c1)NC1CCCC(S(=O)CC)C1. The largest absolute Gasteiger partial charge is 0.357 e. The van der Waals surface area contributed by atoms with Crippen molar-refractivity contribution in [3.05, 3.63) is 35.1 Å². The molecule has 1 aliphatic rings. The van der Waals surface area contributed by atoms with E-state index in [4.69, 9.17) is 0 Å². The van der Waals surface area contributed by atoms with Crippen molar-refractivity contribution in [3.63, 3.8) is 0 Å². The van der Waals surface area contributed by atoms with Gasteiger partial charge in [0.2, 0.25) is 0 Å². The number of hydrogen-bond acceptors (Lipinski definition) is 3. The fourth-order valence-electron chi connectivity index (χ4n) is 3.44. The predicted molar refractivity (Wildman–Crippen MR) is 117 cm³/mol. The number of guanidine groups is 1. The van der Waals surface area contributed by atoms with E-state index in [9.17, 15) is 13.4 Å². The summed E-state index contributed by atoms with van der Waals surface area (Å²) in [4.78, 5) is 16.7. The molecule has 0 aromatic heterocycles. The number of carbonyl (C=O) groups is 1. The Labute approximate surface area is 175 Å². The van der Waals surface area contributed by atoms with E-state index in [1.54, 1.807) is 19.1 Å². The number of carbonyl (C=O) groups excluding carboxylic acids is 1. The van der Waals surface area contributed by atoms with Crippen LogP contribution in [0.5, 0.6) is 0 Å². The maximum absolute atomic E-state index is 13.6. The van der Waals surface area contributed by atoms with E-state index in [0.717, 1.165) is 32.2 Å². The van der Waals surface area contributed by atoms with Crippen molar-refractivity contribution >= 4 is 22.7 Å². The standard InChI is InChI=1S/C21H33FN4O2S/c1-4-23-21(26-17-7-6-8-18(14-17)29(28)5-2)25-12-11-24-20(27)16-10-9-15(3)19(22)13-16/h9-10,13,17-18H,4-8,11-12,14H2,1-3H3,(H,24,27)(H2,23,25,26). The fraction of sp³-hybridized carbons (Fsp3) is 0.619. The first-order chi connectivity index (χ1) is 13.9. The van der Waals surface area contributed by atoms with Crippen LogP contribution >= 0.6 is 0 Å². The lowest BCUT2D eigenvalue weighted by atomic mass is 9.95. The summed E-state index contributed by atoms with van der Waals surface area (Å²) in [6.45, 7) is 7.14. The molecule has 0 spiro atoms. The van der Waals surface area contributed by atoms with Crippen LogP contribution in [0, 0.1) is 12.7 Å². The molecule has 8 heteroatoms. The zero-order chi connectivity index (χ0) is 21.2. The molecule has 1 fully saturated rings. The minimum Gasteiger partial charge on any atom is -0.357 e. The number of aryl methyl sites for hydroxylation is 1. The maximum Gasteiger partial charge on any atom is 0.251 e. The molecule has 0 saturated heterocycles. The molecular formula is C21H33FN4O2S. The van der Waals surface area contributed by atoms with Crippen molar-refractivity contribution < 1.29 is 13.4 Å². The maximum atomic E-state index is 13.6. The lowest BCUT2D eigenvalue weighted by Crippen LogP contribution is -2.47. The number of nitrogens with one attached hydrogen (secondary N) is 3. The van der Waals surface area contributed by atoms with Crippen molar-refractivity contribution in [2.24, 2.45) is 4.99 Å². The van der Waals surface area contributed by atoms with Gasteiger partial charge in [-0.3, -0.25) is 14.0 Å². The Morgan fingerprint density at radius 3 is 2.76 bits per heavy atom. The highest BCUT2D eigenvalue weighted by Gasteiger charge is 2.26. The van der Waals surface area contributed by atoms with Gasteiger partial charge in [-0.15, -0.1) is 0 Å². The Kier molecular flexibility index (Phi) is 9.57. The average molecular weight is 425 g/mol. The molecule has 29 heavy (non-hydrogen) atoms. The molecule has 1 saturated carbocycles. The van der Waals surface area contributed by atoms with Gasteiger partial charge in [0.25, 0.3) is 5.91 Å². The molecular weight excluding hydrogens is 391 g/mol. The second kappa shape index (κ2) is 11.9. The summed E-state index contributed by atoms with van der Waals surface area (Å²) in [5.74, 6) is 0.713. The van der Waals surface area contributed by atoms with Gasteiger partial charge in [0.1, 0.15) is 5.82 Å². The van der Waals surface area contributed by atoms with Gasteiger partial charge >= 0.3 is 0 Å². The Morgan fingerprint density at radius 2 is 2.07 bits per heavy atom. The van der Waals surface area contributed by atoms with Gasteiger partial charge in [0.15, 0.2) is 5.96 Å². The predicted octanol–water partition coefficient (Wildman–Crippen LogP) is 2.50. The van der Waals surface area contributed by atoms with Gasteiger partial charge in [-0.2, -0.15) is 0 Å². The van der Waals surface area contributed by atoms with E-state index in [1.165, 1.54) is 6.07 Å². The third-order valence-corrected chi connectivity index (χ3v) is 6.81. The first-order valence-electron chi connectivity index (χ1n) is 10.4. The Hall–Kier alpha value is -1.96. The minimum atomic E-state index is -0.761. The second-order valence-electron chi connectivity index (χ2n) is 7.28. The summed E-state index contributed by atoms with van der Waals surface area (Å²) in [7, 11) is -0.761. The Morgan fingerprint density at radius 1 is 1.28 bits per heavy atom. The molecule has 1 aromatic rings. The summed E-state index contributed by atoms with van der Waals surface area (Å²) < 4.78 is 25.7. The van der Waals surface area contributed by atoms with Crippen molar-refractivity contribution in [1.82, 2.24) is 16.0 Å². The first-order valence-corrected chi connectivity index (χ1v) is 11.8. The topological polar surface area (TPSA) is 82.6 Å². The van der Waals surface area contributed by atoms with Gasteiger partial charge in [-0.1, -0.05) is 19.4 Å². The van der Waals surface area contributed by atoms with Crippen LogP contribution in [-0.2, 0) is 10.8 Å². The number of rotatable bonds is 8. The number of amides is 1. The van der Waals surface area contributed by atoms with E-state index in [1.807, 2.05) is 13.8 Å². The van der Waals surface area contributed by atoms with Crippen LogP contribution in [0.1, 0.15) is 55.5 Å². The third kappa shape index (κ3) is 7.42. The van der Waals surface area contributed by atoms with Gasteiger partial charge < -0.3 is 16.0 Å².